The maximum Gasteiger partial charge on any atom is 0.137 e. The zero-order valence-corrected chi connectivity index (χ0v) is 6.64. The molecule has 0 aliphatic rings. The van der Waals surface area contributed by atoms with E-state index < -0.39 is 0 Å². The fraction of sp³-hybridized carbons (Fsp3) is 0.200. The van der Waals surface area contributed by atoms with E-state index in [2.05, 4.69) is 6.07 Å². The van der Waals surface area contributed by atoms with Crippen molar-refractivity contribution in [2.45, 2.75) is 13.8 Å². The molecule has 2 rings (SSSR count). The minimum Gasteiger partial charge on any atom is -0.460 e. The lowest BCUT2D eigenvalue weighted by atomic mass is 10.2. The molecule has 0 aliphatic carbocycles. The first-order chi connectivity index (χ1) is 5.27. The van der Waals surface area contributed by atoms with Gasteiger partial charge in [0, 0.05) is 11.5 Å². The van der Waals surface area contributed by atoms with Crippen molar-refractivity contribution in [1.82, 2.24) is 0 Å². The van der Waals surface area contributed by atoms with Crippen LogP contribution in [0.1, 0.15) is 11.3 Å². The lowest BCUT2D eigenvalue weighted by molar-refractivity contribution is 0.575. The summed E-state index contributed by atoms with van der Waals surface area (Å²) in [7, 11) is 0. The molecule has 0 fully saturated rings. The average Bonchev–Trinajstić information content (AvgIpc) is 2.31. The number of benzene rings is 1. The lowest BCUT2D eigenvalue weighted by Crippen LogP contribution is -1.69. The number of para-hydroxylation sites is 1. The van der Waals surface area contributed by atoms with Gasteiger partial charge in [-0.15, -0.1) is 0 Å². The summed E-state index contributed by atoms with van der Waals surface area (Å²) in [5, 5.41) is 1.07. The van der Waals surface area contributed by atoms with Crippen molar-refractivity contribution in [3.8, 4) is 0 Å². The van der Waals surface area contributed by atoms with Crippen LogP contribution in [0.4, 0.5) is 0 Å². The van der Waals surface area contributed by atoms with Gasteiger partial charge in [0.25, 0.3) is 0 Å². The molecule has 11 heavy (non-hydrogen) atoms. The van der Waals surface area contributed by atoms with Crippen LogP contribution < -0.4 is 0 Å². The standard InChI is InChI=1S/C10H9O/c1-7-4-3-5-9-6-8(2)11-10(7)9/h3-5H,1-2H3. The van der Waals surface area contributed by atoms with Crippen molar-refractivity contribution in [2.24, 2.45) is 0 Å². The van der Waals surface area contributed by atoms with Crippen LogP contribution in [0, 0.1) is 19.9 Å². The molecule has 2 aromatic rings. The van der Waals surface area contributed by atoms with Gasteiger partial charge in [-0.25, -0.2) is 0 Å². The molecular weight excluding hydrogens is 136 g/mol. The van der Waals surface area contributed by atoms with E-state index in [0.717, 1.165) is 16.7 Å². The topological polar surface area (TPSA) is 13.1 Å². The summed E-state index contributed by atoms with van der Waals surface area (Å²) in [5.74, 6) is 0.856. The van der Waals surface area contributed by atoms with E-state index in [9.17, 15) is 0 Å². The molecule has 1 aromatic heterocycles. The zero-order valence-electron chi connectivity index (χ0n) is 6.64. The van der Waals surface area contributed by atoms with Crippen molar-refractivity contribution >= 4 is 11.0 Å². The summed E-state index contributed by atoms with van der Waals surface area (Å²) in [5.41, 5.74) is 2.14. The minimum atomic E-state index is 0.856. The number of rotatable bonds is 0. The second-order valence-electron chi connectivity index (χ2n) is 2.73. The highest BCUT2D eigenvalue weighted by atomic mass is 16.3. The van der Waals surface area contributed by atoms with E-state index in [1.54, 1.807) is 0 Å². The van der Waals surface area contributed by atoms with Crippen molar-refractivity contribution in [3.63, 3.8) is 0 Å². The molecule has 1 nitrogen and oxygen atoms in total. The molecule has 0 unspecified atom stereocenters. The Bertz CT molecular complexity index is 385. The van der Waals surface area contributed by atoms with E-state index in [1.807, 2.05) is 32.0 Å². The molecule has 55 valence electrons. The van der Waals surface area contributed by atoms with Crippen molar-refractivity contribution in [3.05, 3.63) is 35.6 Å². The first-order valence-electron chi connectivity index (χ1n) is 3.65. The second kappa shape index (κ2) is 2.12. The largest absolute Gasteiger partial charge is 0.460 e. The van der Waals surface area contributed by atoms with Gasteiger partial charge in [0.15, 0.2) is 0 Å². The molecule has 0 atom stereocenters. The van der Waals surface area contributed by atoms with Crippen LogP contribution >= 0.6 is 0 Å². The first-order valence-corrected chi connectivity index (χ1v) is 3.65. The third kappa shape index (κ3) is 0.929. The van der Waals surface area contributed by atoms with E-state index in [-0.39, 0.29) is 0 Å². The van der Waals surface area contributed by atoms with Gasteiger partial charge in [-0.05, 0) is 19.4 Å². The van der Waals surface area contributed by atoms with Crippen LogP contribution in [0.3, 0.4) is 0 Å². The maximum atomic E-state index is 5.44. The van der Waals surface area contributed by atoms with Gasteiger partial charge >= 0.3 is 0 Å². The summed E-state index contributed by atoms with van der Waals surface area (Å²) in [4.78, 5) is 0. The fourth-order valence-electron chi connectivity index (χ4n) is 1.25. The van der Waals surface area contributed by atoms with Gasteiger partial charge < -0.3 is 4.42 Å². The minimum absolute atomic E-state index is 0.856. The molecular formula is C10H9O. The highest BCUT2D eigenvalue weighted by Crippen LogP contribution is 2.20. The molecule has 1 heteroatoms. The molecule has 0 saturated heterocycles. The monoisotopic (exact) mass is 145 g/mol. The maximum absolute atomic E-state index is 5.44. The van der Waals surface area contributed by atoms with Crippen LogP contribution in [-0.2, 0) is 0 Å². The summed E-state index contributed by atoms with van der Waals surface area (Å²) in [6, 6.07) is 9.20. The number of hydrogen-bond donors (Lipinski definition) is 0. The van der Waals surface area contributed by atoms with Crippen LogP contribution in [0.2, 0.25) is 0 Å². The van der Waals surface area contributed by atoms with E-state index in [1.165, 1.54) is 5.56 Å². The van der Waals surface area contributed by atoms with Gasteiger partial charge in [0.05, 0.1) is 0 Å². The van der Waals surface area contributed by atoms with Crippen LogP contribution in [0.5, 0.6) is 0 Å². The third-order valence-corrected chi connectivity index (χ3v) is 1.78. The van der Waals surface area contributed by atoms with Gasteiger partial charge in [-0.1, -0.05) is 18.2 Å². The molecule has 1 heterocycles. The highest BCUT2D eigenvalue weighted by Gasteiger charge is 2.01. The number of furan rings is 1. The van der Waals surface area contributed by atoms with Gasteiger partial charge in [-0.2, -0.15) is 0 Å². The molecule has 0 N–H and O–H groups in total. The lowest BCUT2D eigenvalue weighted by Gasteiger charge is -1.90. The van der Waals surface area contributed by atoms with Crippen LogP contribution in [0.25, 0.3) is 11.0 Å². The predicted octanol–water partition coefficient (Wildman–Crippen LogP) is 2.85. The summed E-state index contributed by atoms with van der Waals surface area (Å²) >= 11 is 0. The van der Waals surface area contributed by atoms with Crippen LogP contribution in [-0.4, -0.2) is 0 Å². The van der Waals surface area contributed by atoms with Crippen molar-refractivity contribution < 1.29 is 4.42 Å². The quantitative estimate of drug-likeness (QED) is 0.555. The fourth-order valence-corrected chi connectivity index (χ4v) is 1.25. The predicted molar refractivity (Wildman–Crippen MR) is 44.5 cm³/mol. The summed E-state index contributed by atoms with van der Waals surface area (Å²) < 4.78 is 5.44. The molecule has 0 saturated carbocycles. The van der Waals surface area contributed by atoms with Crippen LogP contribution in [0.15, 0.2) is 22.6 Å². The molecule has 0 bridgehead atoms. The van der Waals surface area contributed by atoms with Crippen molar-refractivity contribution in [2.75, 3.05) is 0 Å². The van der Waals surface area contributed by atoms with Gasteiger partial charge in [0.2, 0.25) is 0 Å². The van der Waals surface area contributed by atoms with Gasteiger partial charge in [0.1, 0.15) is 11.3 Å². The Morgan fingerprint density at radius 3 is 2.82 bits per heavy atom. The van der Waals surface area contributed by atoms with E-state index in [0.29, 0.717) is 0 Å². The summed E-state index contributed by atoms with van der Waals surface area (Å²) in [6.45, 7) is 3.96. The average molecular weight is 145 g/mol. The van der Waals surface area contributed by atoms with Crippen molar-refractivity contribution in [1.29, 1.82) is 0 Å². The number of aryl methyl sites for hydroxylation is 2. The molecule has 1 radical (unpaired) electrons. The third-order valence-electron chi connectivity index (χ3n) is 1.78. The summed E-state index contributed by atoms with van der Waals surface area (Å²) in [6.07, 6.45) is 0. The Balaban J connectivity index is 2.90. The Kier molecular flexibility index (Phi) is 1.25. The normalized spacial score (nSPS) is 10.7. The number of fused-ring (bicyclic) bond motifs is 1. The van der Waals surface area contributed by atoms with E-state index in [4.69, 9.17) is 4.42 Å². The highest BCUT2D eigenvalue weighted by molar-refractivity contribution is 5.80. The first kappa shape index (κ1) is 6.47. The Hall–Kier alpha value is -1.24. The Morgan fingerprint density at radius 2 is 2.09 bits per heavy atom. The Labute approximate surface area is 65.6 Å². The molecule has 0 aliphatic heterocycles. The smallest absolute Gasteiger partial charge is 0.137 e. The van der Waals surface area contributed by atoms with E-state index >= 15 is 0 Å². The Morgan fingerprint density at radius 1 is 1.27 bits per heavy atom. The molecule has 1 aromatic carbocycles. The zero-order chi connectivity index (χ0) is 7.84. The molecule has 0 amide bonds. The molecule has 0 spiro atoms. The number of hydrogen-bond acceptors (Lipinski definition) is 1. The second-order valence-corrected chi connectivity index (χ2v) is 2.73. The van der Waals surface area contributed by atoms with Gasteiger partial charge in [-0.3, -0.25) is 0 Å². The SMILES string of the molecule is Cc1[c]c2cccc(C)c2o1.